The van der Waals surface area contributed by atoms with Crippen LogP contribution in [-0.4, -0.2) is 36.2 Å². The Hall–Kier alpha value is -1.17. The van der Waals surface area contributed by atoms with Gasteiger partial charge in [-0.25, -0.2) is 4.79 Å². The summed E-state index contributed by atoms with van der Waals surface area (Å²) < 4.78 is 24.6. The van der Waals surface area contributed by atoms with Crippen molar-refractivity contribution in [2.24, 2.45) is 22.7 Å². The molecule has 0 radical (unpaired) electrons. The molecular weight excluding hydrogens is 356 g/mol. The Morgan fingerprint density at radius 2 is 1.82 bits per heavy atom. The van der Waals surface area contributed by atoms with Gasteiger partial charge in [0.05, 0.1) is 12.7 Å². The monoisotopic (exact) mass is 386 g/mol. The van der Waals surface area contributed by atoms with E-state index in [1.54, 1.807) is 0 Å². The summed E-state index contributed by atoms with van der Waals surface area (Å²) in [7, 11) is 0. The third kappa shape index (κ3) is 1.91. The van der Waals surface area contributed by atoms with E-state index in [1.165, 1.54) is 0 Å². The molecule has 28 heavy (non-hydrogen) atoms. The smallest absolute Gasteiger partial charge is 0.339 e. The number of epoxide rings is 1. The van der Waals surface area contributed by atoms with Crippen LogP contribution in [0.3, 0.4) is 0 Å². The fourth-order valence-corrected chi connectivity index (χ4v) is 7.51. The molecule has 2 saturated carbocycles. The highest BCUT2D eigenvalue weighted by Gasteiger charge is 2.75. The minimum absolute atomic E-state index is 0.00537. The molecule has 6 rings (SSSR count). The van der Waals surface area contributed by atoms with Crippen LogP contribution >= 0.6 is 0 Å². The SMILES string of the molecule is CC1=C2C(=C[C@H]3[C@]4(C)CC[C@H]5OC(C)(C)OC[C@@]5(C)[C@H]4CC[C@]34O[C@H]24)OC1=O. The molecule has 0 aromatic carbocycles. The van der Waals surface area contributed by atoms with Gasteiger partial charge < -0.3 is 18.9 Å². The number of esters is 1. The van der Waals surface area contributed by atoms with E-state index in [9.17, 15) is 4.79 Å². The normalized spacial score (nSPS) is 53.2. The van der Waals surface area contributed by atoms with E-state index in [-0.39, 0.29) is 40.5 Å². The van der Waals surface area contributed by atoms with Crippen LogP contribution in [0.15, 0.2) is 23.0 Å². The van der Waals surface area contributed by atoms with Crippen LogP contribution in [0.4, 0.5) is 0 Å². The topological polar surface area (TPSA) is 57.3 Å². The molecule has 3 aliphatic carbocycles. The standard InChI is InChI=1S/C23H30O5/c1-12-17-13(26-19(12)24)10-15-21(4)8-7-16-22(5,11-25-20(2,3)27-16)14(21)6-9-23(15)18(17)28-23/h10,14-16,18H,6-9,11H2,1-5H3/t14-,15-,16+,18+,21+,22-,23-/m0/s1. The van der Waals surface area contributed by atoms with Crippen molar-refractivity contribution in [1.82, 2.24) is 0 Å². The van der Waals surface area contributed by atoms with E-state index in [0.29, 0.717) is 5.92 Å². The molecule has 0 bridgehead atoms. The lowest BCUT2D eigenvalue weighted by atomic mass is 9.44. The maximum atomic E-state index is 12.2. The molecule has 4 fully saturated rings. The maximum Gasteiger partial charge on any atom is 0.339 e. The first-order valence-electron chi connectivity index (χ1n) is 10.8. The molecule has 0 N–H and O–H groups in total. The fraction of sp³-hybridized carbons (Fsp3) is 0.783. The summed E-state index contributed by atoms with van der Waals surface area (Å²) in [5.41, 5.74) is 1.69. The average Bonchev–Trinajstić information content (AvgIpc) is 3.27. The summed E-state index contributed by atoms with van der Waals surface area (Å²) in [4.78, 5) is 12.2. The van der Waals surface area contributed by atoms with Gasteiger partial charge in [-0.1, -0.05) is 13.8 Å². The lowest BCUT2D eigenvalue weighted by Gasteiger charge is -2.64. The lowest BCUT2D eigenvalue weighted by molar-refractivity contribution is -0.346. The zero-order valence-electron chi connectivity index (χ0n) is 17.5. The summed E-state index contributed by atoms with van der Waals surface area (Å²) in [5.74, 6) is 0.821. The summed E-state index contributed by atoms with van der Waals surface area (Å²) in [6, 6.07) is 0. The van der Waals surface area contributed by atoms with Gasteiger partial charge in [0, 0.05) is 22.5 Å². The van der Waals surface area contributed by atoms with Gasteiger partial charge in [0.1, 0.15) is 17.5 Å². The third-order valence-electron chi connectivity index (χ3n) is 8.97. The van der Waals surface area contributed by atoms with Crippen LogP contribution in [-0.2, 0) is 23.7 Å². The first-order valence-corrected chi connectivity index (χ1v) is 10.8. The quantitative estimate of drug-likeness (QED) is 0.467. The van der Waals surface area contributed by atoms with Crippen molar-refractivity contribution in [1.29, 1.82) is 0 Å². The Balaban J connectivity index is 1.41. The van der Waals surface area contributed by atoms with Gasteiger partial charge in [-0.2, -0.15) is 0 Å². The summed E-state index contributed by atoms with van der Waals surface area (Å²) in [6.07, 6.45) is 6.79. The summed E-state index contributed by atoms with van der Waals surface area (Å²) in [6.45, 7) is 11.4. The molecule has 1 spiro atoms. The number of carbonyl (C=O) groups is 1. The van der Waals surface area contributed by atoms with Crippen LogP contribution in [0.1, 0.15) is 60.3 Å². The Morgan fingerprint density at radius 1 is 1.04 bits per heavy atom. The largest absolute Gasteiger partial charge is 0.423 e. The lowest BCUT2D eigenvalue weighted by Crippen LogP contribution is -2.65. The molecule has 5 heteroatoms. The fourth-order valence-electron chi connectivity index (χ4n) is 7.51. The molecule has 7 atom stereocenters. The predicted molar refractivity (Wildman–Crippen MR) is 101 cm³/mol. The molecule has 5 nitrogen and oxygen atoms in total. The van der Waals surface area contributed by atoms with Gasteiger partial charge in [-0.05, 0) is 63.9 Å². The average molecular weight is 386 g/mol. The molecule has 0 amide bonds. The minimum Gasteiger partial charge on any atom is -0.423 e. The predicted octanol–water partition coefficient (Wildman–Crippen LogP) is 3.88. The van der Waals surface area contributed by atoms with E-state index in [4.69, 9.17) is 18.9 Å². The molecule has 0 aromatic rings. The van der Waals surface area contributed by atoms with Gasteiger partial charge >= 0.3 is 5.97 Å². The van der Waals surface area contributed by atoms with Crippen molar-refractivity contribution in [2.45, 2.75) is 83.9 Å². The third-order valence-corrected chi connectivity index (χ3v) is 8.97. The van der Waals surface area contributed by atoms with Gasteiger partial charge in [-0.3, -0.25) is 0 Å². The Kier molecular flexibility index (Phi) is 3.11. The maximum absolute atomic E-state index is 12.2. The highest BCUT2D eigenvalue weighted by molar-refractivity contribution is 5.94. The van der Waals surface area contributed by atoms with E-state index in [2.05, 4.69) is 19.9 Å². The second kappa shape index (κ2) is 4.93. The van der Waals surface area contributed by atoms with Gasteiger partial charge in [0.2, 0.25) is 0 Å². The second-order valence-corrected chi connectivity index (χ2v) is 10.8. The van der Waals surface area contributed by atoms with Gasteiger partial charge in [0.15, 0.2) is 5.79 Å². The first kappa shape index (κ1) is 17.7. The van der Waals surface area contributed by atoms with Crippen molar-refractivity contribution >= 4 is 5.97 Å². The number of hydrogen-bond acceptors (Lipinski definition) is 5. The van der Waals surface area contributed by atoms with E-state index in [1.807, 2.05) is 20.8 Å². The van der Waals surface area contributed by atoms with E-state index in [0.717, 1.165) is 49.2 Å². The van der Waals surface area contributed by atoms with Crippen molar-refractivity contribution in [3.8, 4) is 0 Å². The zero-order chi connectivity index (χ0) is 19.7. The number of carbonyl (C=O) groups excluding carboxylic acids is 1. The Bertz CT molecular complexity index is 855. The molecule has 2 saturated heterocycles. The van der Waals surface area contributed by atoms with Gasteiger partial charge in [0.25, 0.3) is 0 Å². The van der Waals surface area contributed by atoms with Crippen LogP contribution in [0.2, 0.25) is 0 Å². The highest BCUT2D eigenvalue weighted by atomic mass is 16.7. The van der Waals surface area contributed by atoms with Crippen molar-refractivity contribution in [3.05, 3.63) is 23.0 Å². The summed E-state index contributed by atoms with van der Waals surface area (Å²) in [5, 5.41) is 0. The molecule has 3 heterocycles. The zero-order valence-corrected chi connectivity index (χ0v) is 17.5. The van der Waals surface area contributed by atoms with Crippen LogP contribution in [0.5, 0.6) is 0 Å². The number of ether oxygens (including phenoxy) is 4. The van der Waals surface area contributed by atoms with Crippen molar-refractivity contribution in [2.75, 3.05) is 6.61 Å². The minimum atomic E-state index is -0.499. The van der Waals surface area contributed by atoms with Crippen molar-refractivity contribution < 1.29 is 23.7 Å². The Labute approximate surface area is 166 Å². The van der Waals surface area contributed by atoms with E-state index >= 15 is 0 Å². The van der Waals surface area contributed by atoms with Crippen LogP contribution in [0, 0.1) is 22.7 Å². The molecule has 0 aromatic heterocycles. The number of hydrogen-bond donors (Lipinski definition) is 0. The first-order chi connectivity index (χ1) is 13.1. The highest BCUT2D eigenvalue weighted by Crippen LogP contribution is 2.71. The molecule has 152 valence electrons. The number of fused-ring (bicyclic) bond motifs is 6. The second-order valence-electron chi connectivity index (χ2n) is 10.8. The van der Waals surface area contributed by atoms with Gasteiger partial charge in [-0.15, -0.1) is 0 Å². The number of rotatable bonds is 0. The van der Waals surface area contributed by atoms with Crippen LogP contribution < -0.4 is 0 Å². The molecule has 3 aliphatic heterocycles. The molecular formula is C23H30O5. The molecule has 6 aliphatic rings. The van der Waals surface area contributed by atoms with Crippen molar-refractivity contribution in [3.63, 3.8) is 0 Å². The molecule has 0 unspecified atom stereocenters. The Morgan fingerprint density at radius 3 is 2.61 bits per heavy atom. The van der Waals surface area contributed by atoms with Crippen LogP contribution in [0.25, 0.3) is 0 Å². The summed E-state index contributed by atoms with van der Waals surface area (Å²) >= 11 is 0. The van der Waals surface area contributed by atoms with E-state index < -0.39 is 5.79 Å².